The van der Waals surface area contributed by atoms with Crippen LogP contribution in [0.1, 0.15) is 73.2 Å². The van der Waals surface area contributed by atoms with Gasteiger partial charge < -0.3 is 4.90 Å². The van der Waals surface area contributed by atoms with E-state index in [1.807, 2.05) is 19.3 Å². The number of aliphatic imine (C=N–C) groups is 1. The van der Waals surface area contributed by atoms with Gasteiger partial charge in [-0.15, -0.1) is 5.73 Å². The maximum Gasteiger partial charge on any atom is 0.0500 e. The number of aryl methyl sites for hydroxylation is 2. The summed E-state index contributed by atoms with van der Waals surface area (Å²) >= 11 is 0. The van der Waals surface area contributed by atoms with Gasteiger partial charge in [-0.05, 0) is 86.4 Å². The molecule has 0 spiro atoms. The Morgan fingerprint density at radius 2 is 1.91 bits per heavy atom. The normalized spacial score (nSPS) is 13.7. The number of anilines is 1. The molecule has 0 amide bonds. The number of pyridine rings is 1. The Hall–Kier alpha value is -2.64. The minimum Gasteiger partial charge on any atom is -0.367 e. The minimum absolute atomic E-state index is 0.795. The van der Waals surface area contributed by atoms with Crippen molar-refractivity contribution in [3.63, 3.8) is 0 Å². The fourth-order valence-electron chi connectivity index (χ4n) is 4.86. The van der Waals surface area contributed by atoms with Crippen molar-refractivity contribution < 1.29 is 0 Å². The van der Waals surface area contributed by atoms with Gasteiger partial charge in [-0.2, -0.15) is 0 Å². The Kier molecular flexibility index (Phi) is 9.51. The van der Waals surface area contributed by atoms with Gasteiger partial charge >= 0.3 is 0 Å². The van der Waals surface area contributed by atoms with Crippen molar-refractivity contribution in [3.8, 4) is 0 Å². The van der Waals surface area contributed by atoms with Gasteiger partial charge in [0.2, 0.25) is 0 Å². The fourth-order valence-corrected chi connectivity index (χ4v) is 4.86. The van der Waals surface area contributed by atoms with Gasteiger partial charge in [0, 0.05) is 49.0 Å². The SMILES string of the molecule is [CH]=C=CCN(CCC)c1ccc(CCc2nc(CC3CCC3)c(C=NC)c(CC)c2C)cc1. The molecule has 3 heteroatoms. The van der Waals surface area contributed by atoms with Crippen LogP contribution in [0.25, 0.3) is 0 Å². The highest BCUT2D eigenvalue weighted by atomic mass is 15.1. The number of hydrogen-bond acceptors (Lipinski definition) is 3. The molecule has 3 rings (SSSR count). The lowest BCUT2D eigenvalue weighted by molar-refractivity contribution is 0.311. The second-order valence-electron chi connectivity index (χ2n) is 9.25. The molecular weight excluding hydrogens is 402 g/mol. The van der Waals surface area contributed by atoms with E-state index >= 15 is 0 Å². The molecule has 0 atom stereocenters. The molecule has 1 radical (unpaired) electrons. The van der Waals surface area contributed by atoms with Crippen LogP contribution in [-0.4, -0.2) is 31.3 Å². The van der Waals surface area contributed by atoms with Crippen molar-refractivity contribution >= 4 is 11.9 Å². The van der Waals surface area contributed by atoms with E-state index in [2.05, 4.69) is 60.7 Å². The van der Waals surface area contributed by atoms with E-state index < -0.39 is 0 Å². The number of rotatable bonds is 12. The zero-order valence-electron chi connectivity index (χ0n) is 21.0. The highest BCUT2D eigenvalue weighted by Gasteiger charge is 2.22. The van der Waals surface area contributed by atoms with Gasteiger partial charge in [-0.1, -0.05) is 45.2 Å². The van der Waals surface area contributed by atoms with Crippen LogP contribution in [0.15, 0.2) is 41.1 Å². The molecule has 0 N–H and O–H groups in total. The molecule has 2 aromatic rings. The zero-order valence-corrected chi connectivity index (χ0v) is 21.0. The Morgan fingerprint density at radius 1 is 1.15 bits per heavy atom. The molecule has 0 aliphatic heterocycles. The third-order valence-electron chi connectivity index (χ3n) is 6.99. The second kappa shape index (κ2) is 12.6. The standard InChI is InChI=1S/C30H40N3/c1-6-9-20-33(19-7-2)26-16-13-24(14-17-26)15-18-29-23(4)27(8-3)28(22-31-5)30(32-29)21-25-11-10-12-25/h1,9,13-14,16-17,22,25H,7-8,10-12,15,18-21H2,2-5H3. The van der Waals surface area contributed by atoms with E-state index in [0.29, 0.717) is 0 Å². The number of nitrogens with zero attached hydrogens (tertiary/aromatic N) is 3. The van der Waals surface area contributed by atoms with E-state index in [1.165, 1.54) is 58.6 Å². The van der Waals surface area contributed by atoms with Crippen molar-refractivity contribution in [2.24, 2.45) is 10.9 Å². The highest BCUT2D eigenvalue weighted by molar-refractivity contribution is 5.84. The summed E-state index contributed by atoms with van der Waals surface area (Å²) in [4.78, 5) is 11.9. The summed E-state index contributed by atoms with van der Waals surface area (Å²) in [6.45, 7) is 13.9. The van der Waals surface area contributed by atoms with Crippen molar-refractivity contribution in [2.75, 3.05) is 25.0 Å². The first-order chi connectivity index (χ1) is 16.1. The van der Waals surface area contributed by atoms with Crippen LogP contribution < -0.4 is 4.90 Å². The molecule has 1 aromatic carbocycles. The second-order valence-corrected chi connectivity index (χ2v) is 9.25. The smallest absolute Gasteiger partial charge is 0.0500 e. The lowest BCUT2D eigenvalue weighted by Crippen LogP contribution is -2.23. The summed E-state index contributed by atoms with van der Waals surface area (Å²) in [5.41, 5.74) is 11.8. The summed E-state index contributed by atoms with van der Waals surface area (Å²) in [5, 5.41) is 0. The molecular formula is C30H40N3. The fraction of sp³-hybridized carbons (Fsp3) is 0.500. The van der Waals surface area contributed by atoms with E-state index in [-0.39, 0.29) is 0 Å². The molecule has 0 saturated heterocycles. The predicted molar refractivity (Wildman–Crippen MR) is 142 cm³/mol. The van der Waals surface area contributed by atoms with E-state index in [4.69, 9.17) is 11.6 Å². The van der Waals surface area contributed by atoms with Gasteiger partial charge in [0.1, 0.15) is 0 Å². The number of benzene rings is 1. The van der Waals surface area contributed by atoms with Crippen molar-refractivity contribution in [1.82, 2.24) is 4.98 Å². The average molecular weight is 443 g/mol. The van der Waals surface area contributed by atoms with Gasteiger partial charge in [0.05, 0.1) is 0 Å². The van der Waals surface area contributed by atoms with Crippen LogP contribution in [0.2, 0.25) is 0 Å². The predicted octanol–water partition coefficient (Wildman–Crippen LogP) is 6.49. The Balaban J connectivity index is 1.78. The van der Waals surface area contributed by atoms with Crippen LogP contribution in [0.5, 0.6) is 0 Å². The van der Waals surface area contributed by atoms with E-state index in [9.17, 15) is 0 Å². The third kappa shape index (κ3) is 6.45. The van der Waals surface area contributed by atoms with Gasteiger partial charge in [0.25, 0.3) is 0 Å². The zero-order chi connectivity index (χ0) is 23.6. The molecule has 0 unspecified atom stereocenters. The summed E-state index contributed by atoms with van der Waals surface area (Å²) in [7, 11) is 1.87. The summed E-state index contributed by atoms with van der Waals surface area (Å²) in [5.74, 6) is 0.798. The average Bonchev–Trinajstić information content (AvgIpc) is 2.80. The van der Waals surface area contributed by atoms with Crippen molar-refractivity contribution in [1.29, 1.82) is 0 Å². The first-order valence-corrected chi connectivity index (χ1v) is 12.7. The quantitative estimate of drug-likeness (QED) is 0.278. The highest BCUT2D eigenvalue weighted by Crippen LogP contribution is 2.32. The molecule has 1 aliphatic carbocycles. The maximum absolute atomic E-state index is 5.43. The van der Waals surface area contributed by atoms with Crippen LogP contribution in [0.3, 0.4) is 0 Å². The maximum atomic E-state index is 5.43. The Labute approximate surface area is 201 Å². The molecule has 0 bridgehead atoms. The molecule has 175 valence electrons. The Morgan fingerprint density at radius 3 is 2.48 bits per heavy atom. The topological polar surface area (TPSA) is 28.5 Å². The lowest BCUT2D eigenvalue weighted by atomic mass is 9.80. The monoisotopic (exact) mass is 442 g/mol. The summed E-state index contributed by atoms with van der Waals surface area (Å²) in [6, 6.07) is 8.99. The van der Waals surface area contributed by atoms with Crippen LogP contribution in [-0.2, 0) is 25.7 Å². The molecule has 1 aromatic heterocycles. The molecule has 1 saturated carbocycles. The number of aromatic nitrogens is 1. The minimum atomic E-state index is 0.795. The van der Waals surface area contributed by atoms with E-state index in [0.717, 1.165) is 51.1 Å². The molecule has 1 heterocycles. The van der Waals surface area contributed by atoms with Crippen LogP contribution in [0, 0.1) is 19.4 Å². The van der Waals surface area contributed by atoms with Gasteiger partial charge in [-0.25, -0.2) is 0 Å². The first kappa shape index (κ1) is 25.0. The molecule has 3 nitrogen and oxygen atoms in total. The summed E-state index contributed by atoms with van der Waals surface area (Å²) in [6.07, 6.45) is 13.2. The summed E-state index contributed by atoms with van der Waals surface area (Å²) < 4.78 is 0. The van der Waals surface area contributed by atoms with Gasteiger partial charge in [0.15, 0.2) is 0 Å². The molecule has 1 aliphatic rings. The largest absolute Gasteiger partial charge is 0.367 e. The van der Waals surface area contributed by atoms with E-state index in [1.54, 1.807) is 0 Å². The van der Waals surface area contributed by atoms with Crippen LogP contribution in [0.4, 0.5) is 5.69 Å². The van der Waals surface area contributed by atoms with Gasteiger partial charge in [-0.3, -0.25) is 9.98 Å². The van der Waals surface area contributed by atoms with Crippen molar-refractivity contribution in [2.45, 2.75) is 72.1 Å². The van der Waals surface area contributed by atoms with Crippen LogP contribution >= 0.6 is 0 Å². The molecule has 33 heavy (non-hydrogen) atoms. The first-order valence-electron chi connectivity index (χ1n) is 12.7. The number of hydrogen-bond donors (Lipinski definition) is 0. The molecule has 1 fully saturated rings. The van der Waals surface area contributed by atoms with Crippen molar-refractivity contribution in [3.05, 3.63) is 76.3 Å². The third-order valence-corrected chi connectivity index (χ3v) is 6.99. The lowest BCUT2D eigenvalue weighted by Gasteiger charge is -2.27. The Bertz CT molecular complexity index is 977.